The summed E-state index contributed by atoms with van der Waals surface area (Å²) in [6.45, 7) is 5.92. The minimum Gasteiger partial charge on any atom is -0.490 e. The van der Waals surface area contributed by atoms with E-state index in [2.05, 4.69) is 15.7 Å². The summed E-state index contributed by atoms with van der Waals surface area (Å²) >= 11 is 6.44. The molecule has 2 heterocycles. The summed E-state index contributed by atoms with van der Waals surface area (Å²) < 4.78 is 48.1. The Kier molecular flexibility index (Phi) is 10.5. The van der Waals surface area contributed by atoms with Gasteiger partial charge in [-0.1, -0.05) is 23.7 Å². The molecule has 2 aromatic rings. The number of benzene rings is 2. The van der Waals surface area contributed by atoms with E-state index in [1.807, 2.05) is 37.2 Å². The fourth-order valence-corrected chi connectivity index (χ4v) is 8.85. The lowest BCUT2D eigenvalue weighted by atomic mass is 9.68. The van der Waals surface area contributed by atoms with E-state index in [4.69, 9.17) is 25.8 Å². The second-order valence-electron chi connectivity index (χ2n) is 15.0. The standard InChI is InChI=1S/C37H49ClN4O7S/c1-36(2)34(43)39-50(45,46)28-12-15-33-31(21-28)42(23-37(24-47-33)16-6-8-25-20-27(38)11-14-30(25)37)22-26-10-13-29(26)32(9-7-19-48-36)49-35(44)41(5)18-17-40(3)4/h7,9,11-12,14-15,20-21,26,29,32H,6,8,10,13,16-19,22-24H2,1-5H3,(H,39,43)/b9-7+/t26-,29+,32-,37-/m0/s1. The summed E-state index contributed by atoms with van der Waals surface area (Å²) in [7, 11) is 1.41. The van der Waals surface area contributed by atoms with Crippen LogP contribution in [-0.2, 0) is 36.1 Å². The molecule has 4 aliphatic rings. The molecule has 50 heavy (non-hydrogen) atoms. The highest BCUT2D eigenvalue weighted by Crippen LogP contribution is 2.47. The molecule has 1 saturated carbocycles. The Bertz CT molecular complexity index is 1750. The molecule has 2 aliphatic heterocycles. The van der Waals surface area contributed by atoms with Crippen LogP contribution < -0.4 is 14.4 Å². The van der Waals surface area contributed by atoms with Gasteiger partial charge in [-0.3, -0.25) is 4.79 Å². The van der Waals surface area contributed by atoms with Gasteiger partial charge in [-0.25, -0.2) is 17.9 Å². The van der Waals surface area contributed by atoms with Crippen molar-refractivity contribution in [1.29, 1.82) is 0 Å². The Morgan fingerprint density at radius 3 is 2.66 bits per heavy atom. The fraction of sp³-hybridized carbons (Fsp3) is 0.568. The van der Waals surface area contributed by atoms with E-state index in [1.165, 1.54) is 31.0 Å². The van der Waals surface area contributed by atoms with E-state index in [0.29, 0.717) is 49.2 Å². The van der Waals surface area contributed by atoms with Crippen LogP contribution in [0, 0.1) is 11.8 Å². The van der Waals surface area contributed by atoms with Gasteiger partial charge in [-0.2, -0.15) is 0 Å². The maximum atomic E-state index is 13.6. The first-order valence-corrected chi connectivity index (χ1v) is 19.3. The number of rotatable bonds is 4. The summed E-state index contributed by atoms with van der Waals surface area (Å²) in [5, 5.41) is 0.701. The molecule has 0 aromatic heterocycles. The van der Waals surface area contributed by atoms with E-state index < -0.39 is 33.7 Å². The van der Waals surface area contributed by atoms with Gasteiger partial charge in [0.25, 0.3) is 15.9 Å². The zero-order valence-electron chi connectivity index (χ0n) is 29.6. The number of likely N-dealkylation sites (N-methyl/N-ethyl adjacent to an activating group) is 2. The summed E-state index contributed by atoms with van der Waals surface area (Å²) in [5.74, 6) is -0.0399. The second-order valence-corrected chi connectivity index (χ2v) is 17.1. The van der Waals surface area contributed by atoms with Crippen LogP contribution in [0.15, 0.2) is 53.4 Å². The highest BCUT2D eigenvalue weighted by molar-refractivity contribution is 7.90. The topological polar surface area (TPSA) is 118 Å². The largest absolute Gasteiger partial charge is 0.490 e. The van der Waals surface area contributed by atoms with Crippen LogP contribution >= 0.6 is 11.6 Å². The molecular weight excluding hydrogens is 680 g/mol. The molecule has 2 aliphatic carbocycles. The third-order valence-electron chi connectivity index (χ3n) is 10.7. The first-order valence-electron chi connectivity index (χ1n) is 17.4. The lowest BCUT2D eigenvalue weighted by molar-refractivity contribution is -0.139. The van der Waals surface area contributed by atoms with Gasteiger partial charge in [0.1, 0.15) is 17.5 Å². The number of hydrogen-bond acceptors (Lipinski definition) is 9. The summed E-state index contributed by atoms with van der Waals surface area (Å²) in [4.78, 5) is 32.4. The third-order valence-corrected chi connectivity index (χ3v) is 12.3. The van der Waals surface area contributed by atoms with Crippen molar-refractivity contribution in [2.75, 3.05) is 65.4 Å². The highest BCUT2D eigenvalue weighted by atomic mass is 35.5. The number of carbonyl (C=O) groups is 2. The number of carbonyl (C=O) groups excluding carboxylic acids is 2. The zero-order valence-corrected chi connectivity index (χ0v) is 31.2. The number of halogens is 1. The SMILES string of the molecule is CN(C)CCN(C)C(=O)O[C@H]1/C=C/COC(C)(C)C(=O)NS(=O)(=O)c2ccc3c(c2)N(C[C@@H]2CC[C@H]21)C[C@@]1(CCCc2cc(Cl)ccc21)CO3. The smallest absolute Gasteiger partial charge is 0.410 e. The molecule has 0 unspecified atom stereocenters. The van der Waals surface area contributed by atoms with Crippen molar-refractivity contribution >= 4 is 39.3 Å². The van der Waals surface area contributed by atoms with Crippen LogP contribution in [0.4, 0.5) is 10.5 Å². The van der Waals surface area contributed by atoms with E-state index in [9.17, 15) is 18.0 Å². The van der Waals surface area contributed by atoms with Gasteiger partial charge in [0, 0.05) is 49.6 Å². The Morgan fingerprint density at radius 2 is 1.92 bits per heavy atom. The monoisotopic (exact) mass is 728 g/mol. The van der Waals surface area contributed by atoms with Crippen LogP contribution in [0.2, 0.25) is 5.02 Å². The molecule has 0 radical (unpaired) electrons. The predicted octanol–water partition coefficient (Wildman–Crippen LogP) is 5.01. The Labute approximate surface area is 300 Å². The fourth-order valence-electron chi connectivity index (χ4n) is 7.53. The molecule has 2 amide bonds. The van der Waals surface area contributed by atoms with Crippen molar-refractivity contribution < 1.29 is 32.2 Å². The number of nitrogens with zero attached hydrogens (tertiary/aromatic N) is 3. The van der Waals surface area contributed by atoms with Gasteiger partial charge in [0.2, 0.25) is 0 Å². The lowest BCUT2D eigenvalue weighted by Gasteiger charge is -2.46. The van der Waals surface area contributed by atoms with Gasteiger partial charge >= 0.3 is 6.09 Å². The summed E-state index contributed by atoms with van der Waals surface area (Å²) in [6, 6.07) is 10.9. The van der Waals surface area contributed by atoms with Crippen LogP contribution in [0.25, 0.3) is 0 Å². The van der Waals surface area contributed by atoms with E-state index in [0.717, 1.165) is 32.1 Å². The third kappa shape index (κ3) is 7.63. The highest BCUT2D eigenvalue weighted by Gasteiger charge is 2.45. The number of hydrogen-bond donors (Lipinski definition) is 1. The molecular formula is C37H49ClN4O7S. The summed E-state index contributed by atoms with van der Waals surface area (Å²) in [5.41, 5.74) is 1.25. The quantitative estimate of drug-likeness (QED) is 0.434. The molecule has 0 saturated heterocycles. The zero-order chi connectivity index (χ0) is 35.8. The molecule has 1 N–H and O–H groups in total. The van der Waals surface area contributed by atoms with Crippen molar-refractivity contribution in [1.82, 2.24) is 14.5 Å². The number of nitrogens with one attached hydrogen (secondary N) is 1. The molecule has 1 fully saturated rings. The van der Waals surface area contributed by atoms with Gasteiger partial charge in [0.15, 0.2) is 0 Å². The number of sulfonamides is 1. The predicted molar refractivity (Wildman–Crippen MR) is 192 cm³/mol. The van der Waals surface area contributed by atoms with Crippen LogP contribution in [0.1, 0.15) is 50.7 Å². The molecule has 11 nitrogen and oxygen atoms in total. The van der Waals surface area contributed by atoms with E-state index in [-0.39, 0.29) is 28.8 Å². The van der Waals surface area contributed by atoms with Crippen LogP contribution in [0.3, 0.4) is 0 Å². The van der Waals surface area contributed by atoms with Crippen molar-refractivity contribution in [2.24, 2.45) is 11.8 Å². The van der Waals surface area contributed by atoms with Gasteiger partial charge in [-0.15, -0.1) is 0 Å². The number of aryl methyl sites for hydroxylation is 1. The first-order chi connectivity index (χ1) is 23.7. The van der Waals surface area contributed by atoms with Crippen molar-refractivity contribution in [3.63, 3.8) is 0 Å². The van der Waals surface area contributed by atoms with Crippen molar-refractivity contribution in [3.8, 4) is 5.75 Å². The molecule has 2 aromatic carbocycles. The maximum absolute atomic E-state index is 13.6. The van der Waals surface area contributed by atoms with Crippen LogP contribution in [0.5, 0.6) is 5.75 Å². The number of fused-ring (bicyclic) bond motifs is 4. The van der Waals surface area contributed by atoms with Crippen molar-refractivity contribution in [2.45, 2.75) is 68.0 Å². The Morgan fingerprint density at radius 1 is 1.12 bits per heavy atom. The van der Waals surface area contributed by atoms with Crippen LogP contribution in [-0.4, -0.2) is 102 Å². The molecule has 2 bridgehead atoms. The maximum Gasteiger partial charge on any atom is 0.410 e. The van der Waals surface area contributed by atoms with Gasteiger partial charge in [0.05, 0.1) is 23.8 Å². The molecule has 6 rings (SSSR count). The Balaban J connectivity index is 1.39. The molecule has 13 heteroatoms. The summed E-state index contributed by atoms with van der Waals surface area (Å²) in [6.07, 6.45) is 7.28. The average Bonchev–Trinajstić information content (AvgIpc) is 3.19. The van der Waals surface area contributed by atoms with E-state index >= 15 is 0 Å². The normalized spacial score (nSPS) is 27.9. The number of anilines is 1. The van der Waals surface area contributed by atoms with Gasteiger partial charge in [-0.05, 0) is 113 Å². The molecule has 272 valence electrons. The lowest BCUT2D eigenvalue weighted by Crippen LogP contribution is -2.50. The number of ether oxygens (including phenoxy) is 3. The van der Waals surface area contributed by atoms with Crippen molar-refractivity contribution in [3.05, 3.63) is 64.7 Å². The van der Waals surface area contributed by atoms with E-state index in [1.54, 1.807) is 30.2 Å². The Hall–Kier alpha value is -3.32. The molecule has 1 spiro atoms. The number of amides is 2. The molecule has 4 atom stereocenters. The average molecular weight is 729 g/mol. The minimum absolute atomic E-state index is 0.0228. The minimum atomic E-state index is -4.24. The first kappa shape index (κ1) is 36.5. The van der Waals surface area contributed by atoms with Gasteiger partial charge < -0.3 is 28.9 Å². The second kappa shape index (κ2) is 14.4.